The number of nitrogens with one attached hydrogen (secondary N) is 2. The second-order valence-corrected chi connectivity index (χ2v) is 6.19. The van der Waals surface area contributed by atoms with E-state index in [2.05, 4.69) is 20.4 Å². The van der Waals surface area contributed by atoms with Crippen molar-refractivity contribution in [2.75, 3.05) is 0 Å². The van der Waals surface area contributed by atoms with Crippen LogP contribution in [0.15, 0.2) is 24.3 Å². The minimum absolute atomic E-state index is 0.121. The summed E-state index contributed by atoms with van der Waals surface area (Å²) in [5.41, 5.74) is 3.38. The molecule has 0 aliphatic rings. The lowest BCUT2D eigenvalue weighted by Gasteiger charge is -2.15. The normalized spacial score (nSPS) is 12.5. The van der Waals surface area contributed by atoms with Crippen LogP contribution < -0.4 is 5.32 Å². The summed E-state index contributed by atoms with van der Waals surface area (Å²) < 4.78 is 1.62. The lowest BCUT2D eigenvalue weighted by atomic mass is 10.2. The molecule has 0 aliphatic heterocycles. The van der Waals surface area contributed by atoms with E-state index in [0.717, 1.165) is 34.7 Å². The third kappa shape index (κ3) is 3.14. The number of fused-ring (bicyclic) bond motifs is 1. The van der Waals surface area contributed by atoms with Gasteiger partial charge in [0.1, 0.15) is 12.4 Å². The Kier molecular flexibility index (Phi) is 4.57. The standard InChI is InChI=1S/C17H20ClN5O/c1-4-12(17-20-13-7-5-6-8-14(13)21-17)19-15(24)9-23-11(3)16(18)10(2)22-23/h5-8,12H,4,9H2,1-3H3,(H,19,24)(H,20,21). The van der Waals surface area contributed by atoms with Gasteiger partial charge in [0.15, 0.2) is 0 Å². The van der Waals surface area contributed by atoms with Gasteiger partial charge in [-0.1, -0.05) is 30.7 Å². The van der Waals surface area contributed by atoms with Crippen molar-refractivity contribution in [3.63, 3.8) is 0 Å². The number of aromatic nitrogens is 4. The van der Waals surface area contributed by atoms with E-state index in [1.54, 1.807) is 4.68 Å². The highest BCUT2D eigenvalue weighted by Gasteiger charge is 2.18. The summed E-state index contributed by atoms with van der Waals surface area (Å²) in [5.74, 6) is 0.642. The van der Waals surface area contributed by atoms with Crippen LogP contribution in [0, 0.1) is 13.8 Å². The van der Waals surface area contributed by atoms with Crippen LogP contribution in [-0.2, 0) is 11.3 Å². The van der Waals surface area contributed by atoms with Crippen LogP contribution in [-0.4, -0.2) is 25.7 Å². The minimum Gasteiger partial charge on any atom is -0.345 e. The van der Waals surface area contributed by atoms with E-state index in [1.165, 1.54) is 0 Å². The molecule has 0 bridgehead atoms. The van der Waals surface area contributed by atoms with Crippen LogP contribution >= 0.6 is 11.6 Å². The first-order valence-electron chi connectivity index (χ1n) is 7.93. The van der Waals surface area contributed by atoms with Crippen molar-refractivity contribution in [2.45, 2.75) is 39.8 Å². The van der Waals surface area contributed by atoms with Gasteiger partial charge < -0.3 is 10.3 Å². The number of aryl methyl sites for hydroxylation is 1. The number of aromatic amines is 1. The molecule has 3 aromatic rings. The maximum Gasteiger partial charge on any atom is 0.242 e. The van der Waals surface area contributed by atoms with E-state index in [9.17, 15) is 4.79 Å². The van der Waals surface area contributed by atoms with Crippen LogP contribution in [0.4, 0.5) is 0 Å². The van der Waals surface area contributed by atoms with Gasteiger partial charge in [0.2, 0.25) is 5.91 Å². The van der Waals surface area contributed by atoms with Crippen LogP contribution in [0.2, 0.25) is 5.02 Å². The Morgan fingerprint density at radius 3 is 2.75 bits per heavy atom. The highest BCUT2D eigenvalue weighted by molar-refractivity contribution is 6.31. The number of rotatable bonds is 5. The molecular formula is C17H20ClN5O. The SMILES string of the molecule is CCC(NC(=O)Cn1nc(C)c(Cl)c1C)c1nc2ccccc2[nH]1. The van der Waals surface area contributed by atoms with Gasteiger partial charge in [-0.05, 0) is 32.4 Å². The second-order valence-electron chi connectivity index (χ2n) is 5.81. The largest absolute Gasteiger partial charge is 0.345 e. The van der Waals surface area contributed by atoms with Crippen molar-refractivity contribution in [2.24, 2.45) is 0 Å². The molecule has 0 fully saturated rings. The molecule has 1 atom stereocenters. The molecule has 24 heavy (non-hydrogen) atoms. The Labute approximate surface area is 145 Å². The summed E-state index contributed by atoms with van der Waals surface area (Å²) in [6, 6.07) is 7.65. The van der Waals surface area contributed by atoms with Gasteiger partial charge >= 0.3 is 0 Å². The third-order valence-electron chi connectivity index (χ3n) is 4.07. The fraction of sp³-hybridized carbons (Fsp3) is 0.353. The summed E-state index contributed by atoms with van der Waals surface area (Å²) in [6.45, 7) is 5.83. The molecule has 0 saturated heterocycles. The van der Waals surface area contributed by atoms with Gasteiger partial charge in [-0.3, -0.25) is 9.48 Å². The van der Waals surface area contributed by atoms with Crippen molar-refractivity contribution in [1.82, 2.24) is 25.1 Å². The number of H-pyrrole nitrogens is 1. The van der Waals surface area contributed by atoms with Gasteiger partial charge in [0, 0.05) is 0 Å². The highest BCUT2D eigenvalue weighted by Crippen LogP contribution is 2.20. The van der Waals surface area contributed by atoms with Crippen LogP contribution in [0.1, 0.15) is 36.6 Å². The quantitative estimate of drug-likeness (QED) is 0.745. The maximum atomic E-state index is 12.4. The van der Waals surface area contributed by atoms with Gasteiger partial charge in [-0.15, -0.1) is 0 Å². The molecule has 3 rings (SSSR count). The number of hydrogen-bond acceptors (Lipinski definition) is 3. The molecule has 2 heterocycles. The molecule has 0 aliphatic carbocycles. The summed E-state index contributed by atoms with van der Waals surface area (Å²) >= 11 is 6.13. The molecule has 6 nitrogen and oxygen atoms in total. The molecule has 0 spiro atoms. The van der Waals surface area contributed by atoms with E-state index in [0.29, 0.717) is 5.02 Å². The molecule has 1 amide bonds. The number of hydrogen-bond donors (Lipinski definition) is 2. The number of amides is 1. The van der Waals surface area contributed by atoms with Crippen LogP contribution in [0.3, 0.4) is 0 Å². The van der Waals surface area contributed by atoms with E-state index < -0.39 is 0 Å². The smallest absolute Gasteiger partial charge is 0.242 e. The van der Waals surface area contributed by atoms with Gasteiger partial charge in [0.25, 0.3) is 0 Å². The summed E-state index contributed by atoms with van der Waals surface area (Å²) in [6.07, 6.45) is 0.740. The predicted molar refractivity (Wildman–Crippen MR) is 94.0 cm³/mol. The lowest BCUT2D eigenvalue weighted by molar-refractivity contribution is -0.122. The first-order chi connectivity index (χ1) is 11.5. The van der Waals surface area contributed by atoms with E-state index in [4.69, 9.17) is 11.6 Å². The second kappa shape index (κ2) is 6.65. The highest BCUT2D eigenvalue weighted by atomic mass is 35.5. The zero-order chi connectivity index (χ0) is 17.3. The van der Waals surface area contributed by atoms with E-state index >= 15 is 0 Å². The summed E-state index contributed by atoms with van der Waals surface area (Å²) in [4.78, 5) is 20.2. The zero-order valence-electron chi connectivity index (χ0n) is 13.9. The maximum absolute atomic E-state index is 12.4. The van der Waals surface area contributed by atoms with Crippen LogP contribution in [0.5, 0.6) is 0 Å². The zero-order valence-corrected chi connectivity index (χ0v) is 14.7. The molecule has 126 valence electrons. The molecule has 2 aromatic heterocycles. The van der Waals surface area contributed by atoms with Crippen molar-refractivity contribution >= 4 is 28.5 Å². The van der Waals surface area contributed by atoms with Crippen molar-refractivity contribution in [3.05, 3.63) is 46.5 Å². The van der Waals surface area contributed by atoms with Crippen molar-refractivity contribution < 1.29 is 4.79 Å². The number of carbonyl (C=O) groups is 1. The van der Waals surface area contributed by atoms with Gasteiger partial charge in [-0.25, -0.2) is 4.98 Å². The van der Waals surface area contributed by atoms with Gasteiger partial charge in [-0.2, -0.15) is 5.10 Å². The number of para-hydroxylation sites is 2. The molecule has 1 aromatic carbocycles. The molecule has 2 N–H and O–H groups in total. The number of carbonyl (C=O) groups excluding carboxylic acids is 1. The van der Waals surface area contributed by atoms with E-state index in [1.807, 2.05) is 45.0 Å². The van der Waals surface area contributed by atoms with Crippen molar-refractivity contribution in [3.8, 4) is 0 Å². The van der Waals surface area contributed by atoms with E-state index in [-0.39, 0.29) is 18.5 Å². The molecule has 0 saturated carbocycles. The van der Waals surface area contributed by atoms with Gasteiger partial charge in [0.05, 0.1) is 33.5 Å². The fourth-order valence-electron chi connectivity index (χ4n) is 2.71. The topological polar surface area (TPSA) is 75.6 Å². The Morgan fingerprint density at radius 1 is 1.38 bits per heavy atom. The Morgan fingerprint density at radius 2 is 2.12 bits per heavy atom. The average Bonchev–Trinajstić information content (AvgIpc) is 3.10. The number of imidazole rings is 1. The molecular weight excluding hydrogens is 326 g/mol. The summed E-state index contributed by atoms with van der Waals surface area (Å²) in [5, 5.41) is 7.91. The molecule has 7 heteroatoms. The Hall–Kier alpha value is -2.34. The first kappa shape index (κ1) is 16.5. The monoisotopic (exact) mass is 345 g/mol. The third-order valence-corrected chi connectivity index (χ3v) is 4.61. The number of nitrogens with zero attached hydrogens (tertiary/aromatic N) is 3. The Bertz CT molecular complexity index is 849. The molecule has 1 unspecified atom stereocenters. The number of halogens is 1. The number of benzene rings is 1. The summed E-state index contributed by atoms with van der Waals surface area (Å²) in [7, 11) is 0. The lowest BCUT2D eigenvalue weighted by Crippen LogP contribution is -2.32. The predicted octanol–water partition coefficient (Wildman–Crippen LogP) is 3.30. The Balaban J connectivity index is 1.74. The fourth-order valence-corrected chi connectivity index (χ4v) is 2.84. The molecule has 0 radical (unpaired) electrons. The van der Waals surface area contributed by atoms with Crippen molar-refractivity contribution in [1.29, 1.82) is 0 Å². The first-order valence-corrected chi connectivity index (χ1v) is 8.31. The average molecular weight is 346 g/mol. The van der Waals surface area contributed by atoms with Crippen LogP contribution in [0.25, 0.3) is 11.0 Å². The minimum atomic E-state index is -0.169.